The molecule has 1 aromatic heterocycles. The van der Waals surface area contributed by atoms with Crippen LogP contribution in [0.1, 0.15) is 27.2 Å². The van der Waals surface area contributed by atoms with Crippen LogP contribution in [0.15, 0.2) is 84.9 Å². The molecule has 0 atom stereocenters. The van der Waals surface area contributed by atoms with E-state index in [0.717, 1.165) is 29.1 Å². The molecule has 176 valence electrons. The molecule has 0 radical (unpaired) electrons. The number of hydrogen-bond acceptors (Lipinski definition) is 4. The van der Waals surface area contributed by atoms with Crippen LogP contribution >= 0.6 is 0 Å². The van der Waals surface area contributed by atoms with Gasteiger partial charge in [0, 0.05) is 55.0 Å². The van der Waals surface area contributed by atoms with Gasteiger partial charge in [0.15, 0.2) is 5.82 Å². The van der Waals surface area contributed by atoms with Gasteiger partial charge < -0.3 is 9.80 Å². The van der Waals surface area contributed by atoms with Gasteiger partial charge in [-0.1, -0.05) is 60.7 Å². The van der Waals surface area contributed by atoms with E-state index in [9.17, 15) is 9.18 Å². The molecule has 0 spiro atoms. The van der Waals surface area contributed by atoms with E-state index in [1.807, 2.05) is 60.4 Å². The molecule has 2 heterocycles. The number of benzene rings is 3. The molecule has 3 aromatic carbocycles. The lowest BCUT2D eigenvalue weighted by Gasteiger charge is -2.36. The molecule has 1 fully saturated rings. The van der Waals surface area contributed by atoms with Gasteiger partial charge in [-0.25, -0.2) is 14.4 Å². The predicted molar refractivity (Wildman–Crippen MR) is 136 cm³/mol. The van der Waals surface area contributed by atoms with Crippen LogP contribution in [0.25, 0.3) is 11.4 Å². The van der Waals surface area contributed by atoms with Crippen LogP contribution in [-0.2, 0) is 6.42 Å². The van der Waals surface area contributed by atoms with Gasteiger partial charge in [0.2, 0.25) is 0 Å². The molecule has 5 nitrogen and oxygen atoms in total. The summed E-state index contributed by atoms with van der Waals surface area (Å²) < 4.78 is 13.3. The molecule has 1 saturated heterocycles. The first kappa shape index (κ1) is 22.7. The number of aryl methyl sites for hydroxylation is 1. The lowest BCUT2D eigenvalue weighted by Crippen LogP contribution is -2.49. The summed E-state index contributed by atoms with van der Waals surface area (Å²) in [4.78, 5) is 26.9. The van der Waals surface area contributed by atoms with Gasteiger partial charge in [0.05, 0.1) is 0 Å². The first-order chi connectivity index (χ1) is 17.1. The SMILES string of the molecule is Cc1nc(-c2ccccc2)nc(N2CCN(C(=O)c3ccc(F)cc3)CC2)c1Cc1ccccc1. The van der Waals surface area contributed by atoms with Crippen LogP contribution in [0.3, 0.4) is 0 Å². The fourth-order valence-corrected chi connectivity index (χ4v) is 4.46. The van der Waals surface area contributed by atoms with Gasteiger partial charge in [-0.15, -0.1) is 0 Å². The Morgan fingerprint density at radius 3 is 2.11 bits per heavy atom. The minimum absolute atomic E-state index is 0.0713. The minimum Gasteiger partial charge on any atom is -0.353 e. The fourth-order valence-electron chi connectivity index (χ4n) is 4.46. The molecule has 1 amide bonds. The molecule has 35 heavy (non-hydrogen) atoms. The van der Waals surface area contributed by atoms with Crippen molar-refractivity contribution in [2.24, 2.45) is 0 Å². The molecule has 1 aliphatic rings. The fraction of sp³-hybridized carbons (Fsp3) is 0.207. The molecular weight excluding hydrogens is 439 g/mol. The normalized spacial score (nSPS) is 13.7. The first-order valence-electron chi connectivity index (χ1n) is 11.8. The number of nitrogens with zero attached hydrogens (tertiary/aromatic N) is 4. The minimum atomic E-state index is -0.342. The van der Waals surface area contributed by atoms with Crippen molar-refractivity contribution >= 4 is 11.7 Å². The van der Waals surface area contributed by atoms with E-state index < -0.39 is 0 Å². The predicted octanol–water partition coefficient (Wildman–Crippen LogP) is 5.14. The monoisotopic (exact) mass is 466 g/mol. The third-order valence-electron chi connectivity index (χ3n) is 6.41. The summed E-state index contributed by atoms with van der Waals surface area (Å²) >= 11 is 0. The van der Waals surface area contributed by atoms with E-state index in [2.05, 4.69) is 17.0 Å². The molecule has 0 N–H and O–H groups in total. The zero-order chi connectivity index (χ0) is 24.2. The van der Waals surface area contributed by atoms with Crippen LogP contribution in [0.4, 0.5) is 10.2 Å². The van der Waals surface area contributed by atoms with Crippen molar-refractivity contribution in [1.82, 2.24) is 14.9 Å². The molecule has 0 saturated carbocycles. The summed E-state index contributed by atoms with van der Waals surface area (Å²) in [5, 5.41) is 0. The molecule has 5 rings (SSSR count). The molecule has 4 aromatic rings. The molecule has 0 aliphatic carbocycles. The Labute approximate surface area is 204 Å². The van der Waals surface area contributed by atoms with Crippen LogP contribution in [0, 0.1) is 12.7 Å². The van der Waals surface area contributed by atoms with Crippen molar-refractivity contribution in [2.75, 3.05) is 31.1 Å². The lowest BCUT2D eigenvalue weighted by atomic mass is 10.0. The highest BCUT2D eigenvalue weighted by atomic mass is 19.1. The zero-order valence-electron chi connectivity index (χ0n) is 19.7. The second-order valence-corrected chi connectivity index (χ2v) is 8.75. The van der Waals surface area contributed by atoms with Crippen LogP contribution in [0.5, 0.6) is 0 Å². The summed E-state index contributed by atoms with van der Waals surface area (Å²) in [6.45, 7) is 4.53. The molecule has 0 bridgehead atoms. The van der Waals surface area contributed by atoms with Gasteiger partial charge in [-0.3, -0.25) is 4.79 Å². The summed E-state index contributed by atoms with van der Waals surface area (Å²) in [7, 11) is 0. The van der Waals surface area contributed by atoms with Crippen LogP contribution in [0.2, 0.25) is 0 Å². The quantitative estimate of drug-likeness (QED) is 0.409. The molecule has 6 heteroatoms. The van der Waals surface area contributed by atoms with E-state index in [1.165, 1.54) is 17.7 Å². The Morgan fingerprint density at radius 2 is 1.46 bits per heavy atom. The smallest absolute Gasteiger partial charge is 0.253 e. The second-order valence-electron chi connectivity index (χ2n) is 8.75. The summed E-state index contributed by atoms with van der Waals surface area (Å²) in [5.74, 6) is 1.22. The van der Waals surface area contributed by atoms with E-state index in [0.29, 0.717) is 37.6 Å². The molecule has 0 unspecified atom stereocenters. The topological polar surface area (TPSA) is 49.3 Å². The van der Waals surface area contributed by atoms with Crippen molar-refractivity contribution < 1.29 is 9.18 Å². The number of piperazine rings is 1. The van der Waals surface area contributed by atoms with Crippen LogP contribution < -0.4 is 4.90 Å². The number of rotatable bonds is 5. The highest BCUT2D eigenvalue weighted by Crippen LogP contribution is 2.28. The Bertz CT molecular complexity index is 1300. The standard InChI is InChI=1S/C29H27FN4O/c1-21-26(20-22-8-4-2-5-9-22)28(32-27(31-21)23-10-6-3-7-11-23)33-16-18-34(19-17-33)29(35)24-12-14-25(30)15-13-24/h2-15H,16-20H2,1H3. The largest absolute Gasteiger partial charge is 0.353 e. The van der Waals surface area contributed by atoms with Crippen molar-refractivity contribution in [3.63, 3.8) is 0 Å². The average Bonchev–Trinajstić information content (AvgIpc) is 2.91. The lowest BCUT2D eigenvalue weighted by molar-refractivity contribution is 0.0746. The van der Waals surface area contributed by atoms with Crippen molar-refractivity contribution in [3.8, 4) is 11.4 Å². The highest BCUT2D eigenvalue weighted by Gasteiger charge is 2.26. The van der Waals surface area contributed by atoms with Gasteiger partial charge >= 0.3 is 0 Å². The maximum absolute atomic E-state index is 13.3. The average molecular weight is 467 g/mol. The van der Waals surface area contributed by atoms with Gasteiger partial charge in [0.25, 0.3) is 5.91 Å². The van der Waals surface area contributed by atoms with Gasteiger partial charge in [0.1, 0.15) is 11.6 Å². The third-order valence-corrected chi connectivity index (χ3v) is 6.41. The second kappa shape index (κ2) is 10.1. The van der Waals surface area contributed by atoms with Crippen LogP contribution in [-0.4, -0.2) is 47.0 Å². The van der Waals surface area contributed by atoms with E-state index in [4.69, 9.17) is 9.97 Å². The number of amides is 1. The van der Waals surface area contributed by atoms with E-state index in [-0.39, 0.29) is 11.7 Å². The Kier molecular flexibility index (Phi) is 6.53. The summed E-state index contributed by atoms with van der Waals surface area (Å²) in [6.07, 6.45) is 0.742. The van der Waals surface area contributed by atoms with Crippen molar-refractivity contribution in [1.29, 1.82) is 0 Å². The van der Waals surface area contributed by atoms with Gasteiger partial charge in [-0.2, -0.15) is 0 Å². The first-order valence-corrected chi connectivity index (χ1v) is 11.8. The third kappa shape index (κ3) is 5.06. The van der Waals surface area contributed by atoms with E-state index >= 15 is 0 Å². The molecule has 1 aliphatic heterocycles. The maximum Gasteiger partial charge on any atom is 0.253 e. The highest BCUT2D eigenvalue weighted by molar-refractivity contribution is 5.94. The number of anilines is 1. The Balaban J connectivity index is 1.43. The number of hydrogen-bond donors (Lipinski definition) is 0. The zero-order valence-corrected chi connectivity index (χ0v) is 19.7. The Morgan fingerprint density at radius 1 is 0.829 bits per heavy atom. The Hall–Kier alpha value is -4.06. The van der Waals surface area contributed by atoms with Gasteiger partial charge in [-0.05, 0) is 36.8 Å². The molecular formula is C29H27FN4O. The number of halogens is 1. The number of carbonyl (C=O) groups excluding carboxylic acids is 1. The van der Waals surface area contributed by atoms with E-state index in [1.54, 1.807) is 12.1 Å². The summed E-state index contributed by atoms with van der Waals surface area (Å²) in [5.41, 5.74) is 4.76. The van der Waals surface area contributed by atoms with Crippen molar-refractivity contribution in [2.45, 2.75) is 13.3 Å². The number of carbonyl (C=O) groups is 1. The summed E-state index contributed by atoms with van der Waals surface area (Å²) in [6, 6.07) is 26.1. The number of aromatic nitrogens is 2. The maximum atomic E-state index is 13.3. The van der Waals surface area contributed by atoms with Crippen molar-refractivity contribution in [3.05, 3.63) is 113 Å².